The number of nitrogens with one attached hydrogen (secondary N) is 1. The zero-order chi connectivity index (χ0) is 20.9. The molecule has 1 aliphatic rings. The lowest BCUT2D eigenvalue weighted by atomic mass is 9.97. The summed E-state index contributed by atoms with van der Waals surface area (Å²) in [4.78, 5) is 12.5. The van der Waals surface area contributed by atoms with Gasteiger partial charge in [-0.2, -0.15) is 0 Å². The van der Waals surface area contributed by atoms with Crippen LogP contribution in [0.5, 0.6) is 5.75 Å². The van der Waals surface area contributed by atoms with E-state index in [-0.39, 0.29) is 17.6 Å². The molecule has 2 aromatic rings. The number of nitrogens with zero attached hydrogens (tertiary/aromatic N) is 1. The summed E-state index contributed by atoms with van der Waals surface area (Å²) in [5.74, 6) is 0.348. The first-order chi connectivity index (χ1) is 13.9. The summed E-state index contributed by atoms with van der Waals surface area (Å²) in [6.07, 6.45) is 0.999. The number of para-hydroxylation sites is 1. The maximum absolute atomic E-state index is 12.7. The van der Waals surface area contributed by atoms with Crippen LogP contribution in [0, 0.1) is 5.92 Å². The zero-order valence-corrected chi connectivity index (χ0v) is 17.9. The number of methoxy groups -OCH3 is 1. The third-order valence-corrected chi connectivity index (χ3v) is 7.36. The first kappa shape index (κ1) is 21.6. The maximum Gasteiger partial charge on any atom is 0.223 e. The van der Waals surface area contributed by atoms with Crippen LogP contribution in [-0.2, 0) is 27.1 Å². The molecule has 0 spiro atoms. The van der Waals surface area contributed by atoms with E-state index >= 15 is 0 Å². The summed E-state index contributed by atoms with van der Waals surface area (Å²) in [5.41, 5.74) is 1.49. The van der Waals surface area contributed by atoms with Gasteiger partial charge >= 0.3 is 0 Å². The highest BCUT2D eigenvalue weighted by Crippen LogP contribution is 2.24. The van der Waals surface area contributed by atoms with Crippen LogP contribution in [-0.4, -0.2) is 38.8 Å². The largest absolute Gasteiger partial charge is 0.496 e. The summed E-state index contributed by atoms with van der Waals surface area (Å²) in [5, 5.41) is 3.39. The summed E-state index contributed by atoms with van der Waals surface area (Å²) >= 11 is 6.10. The molecule has 0 bridgehead atoms. The van der Waals surface area contributed by atoms with Crippen molar-refractivity contribution >= 4 is 27.5 Å². The molecule has 0 unspecified atom stereocenters. The van der Waals surface area contributed by atoms with Gasteiger partial charge in [-0.3, -0.25) is 4.79 Å². The third-order valence-electron chi connectivity index (χ3n) is 5.16. The van der Waals surface area contributed by atoms with Gasteiger partial charge in [-0.15, -0.1) is 0 Å². The molecule has 3 rings (SSSR count). The fraction of sp³-hybridized carbons (Fsp3) is 0.381. The van der Waals surface area contributed by atoms with Gasteiger partial charge in [0, 0.05) is 36.1 Å². The molecule has 0 saturated carbocycles. The summed E-state index contributed by atoms with van der Waals surface area (Å²) in [7, 11) is -1.87. The molecule has 1 saturated heterocycles. The minimum atomic E-state index is -3.47. The van der Waals surface area contributed by atoms with Crippen LogP contribution < -0.4 is 10.1 Å². The molecule has 1 aliphatic heterocycles. The van der Waals surface area contributed by atoms with E-state index in [1.165, 1.54) is 4.31 Å². The van der Waals surface area contributed by atoms with Gasteiger partial charge in [0.25, 0.3) is 0 Å². The van der Waals surface area contributed by atoms with Crippen molar-refractivity contribution in [3.05, 3.63) is 64.7 Å². The monoisotopic (exact) mass is 436 g/mol. The molecule has 8 heteroatoms. The van der Waals surface area contributed by atoms with E-state index in [0.29, 0.717) is 43.1 Å². The average molecular weight is 437 g/mol. The number of halogens is 1. The average Bonchev–Trinajstić information content (AvgIpc) is 2.74. The lowest BCUT2D eigenvalue weighted by Crippen LogP contribution is -2.43. The Hall–Kier alpha value is -2.09. The lowest BCUT2D eigenvalue weighted by Gasteiger charge is -2.30. The number of hydrogen-bond acceptors (Lipinski definition) is 4. The highest BCUT2D eigenvalue weighted by molar-refractivity contribution is 7.88. The van der Waals surface area contributed by atoms with E-state index in [9.17, 15) is 13.2 Å². The second-order valence-electron chi connectivity index (χ2n) is 7.05. The van der Waals surface area contributed by atoms with Gasteiger partial charge in [0.05, 0.1) is 12.9 Å². The highest BCUT2D eigenvalue weighted by Gasteiger charge is 2.31. The fourth-order valence-corrected chi connectivity index (χ4v) is 5.35. The predicted octanol–water partition coefficient (Wildman–Crippen LogP) is 3.21. The highest BCUT2D eigenvalue weighted by atomic mass is 35.5. The number of rotatable bonds is 7. The van der Waals surface area contributed by atoms with Crippen molar-refractivity contribution in [3.8, 4) is 5.75 Å². The van der Waals surface area contributed by atoms with Crippen molar-refractivity contribution < 1.29 is 17.9 Å². The Labute approximate surface area is 176 Å². The van der Waals surface area contributed by atoms with Crippen LogP contribution in [0.3, 0.4) is 0 Å². The molecule has 0 radical (unpaired) electrons. The molecular weight excluding hydrogens is 412 g/mol. The summed E-state index contributed by atoms with van der Waals surface area (Å²) < 4.78 is 32.2. The number of amides is 1. The summed E-state index contributed by atoms with van der Waals surface area (Å²) in [6.45, 7) is 1.05. The van der Waals surface area contributed by atoms with Gasteiger partial charge in [-0.05, 0) is 30.5 Å². The molecule has 0 aliphatic carbocycles. The molecule has 1 fully saturated rings. The van der Waals surface area contributed by atoms with Gasteiger partial charge in [0.2, 0.25) is 15.9 Å². The van der Waals surface area contributed by atoms with Crippen LogP contribution in [0.25, 0.3) is 0 Å². The Balaban J connectivity index is 1.53. The normalized spacial score (nSPS) is 15.8. The van der Waals surface area contributed by atoms with E-state index < -0.39 is 10.0 Å². The first-order valence-corrected chi connectivity index (χ1v) is 11.5. The van der Waals surface area contributed by atoms with E-state index in [2.05, 4.69) is 5.32 Å². The van der Waals surface area contributed by atoms with Gasteiger partial charge in [0.15, 0.2) is 0 Å². The molecule has 2 aromatic carbocycles. The van der Waals surface area contributed by atoms with Gasteiger partial charge in [-0.1, -0.05) is 48.0 Å². The first-order valence-electron chi connectivity index (χ1n) is 9.51. The van der Waals surface area contributed by atoms with Gasteiger partial charge < -0.3 is 10.1 Å². The van der Waals surface area contributed by atoms with Crippen LogP contribution in [0.1, 0.15) is 24.0 Å². The minimum absolute atomic E-state index is 0.0564. The topological polar surface area (TPSA) is 75.7 Å². The number of sulfonamides is 1. The van der Waals surface area contributed by atoms with Gasteiger partial charge in [0.1, 0.15) is 5.75 Å². The smallest absolute Gasteiger partial charge is 0.223 e. The van der Waals surface area contributed by atoms with Crippen LogP contribution in [0.15, 0.2) is 48.5 Å². The van der Waals surface area contributed by atoms with Gasteiger partial charge in [-0.25, -0.2) is 12.7 Å². The predicted molar refractivity (Wildman–Crippen MR) is 113 cm³/mol. The molecule has 6 nitrogen and oxygen atoms in total. The fourth-order valence-electron chi connectivity index (χ4n) is 3.48. The SMILES string of the molecule is COc1ccccc1CNC(=O)C1CCN(S(=O)(=O)Cc2ccccc2Cl)CC1. The van der Waals surface area contributed by atoms with Crippen molar-refractivity contribution in [1.82, 2.24) is 9.62 Å². The van der Waals surface area contributed by atoms with E-state index in [1.807, 2.05) is 24.3 Å². The molecule has 1 heterocycles. The van der Waals surface area contributed by atoms with E-state index in [0.717, 1.165) is 11.3 Å². The molecule has 1 amide bonds. The van der Waals surface area contributed by atoms with E-state index in [4.69, 9.17) is 16.3 Å². The number of carbonyl (C=O) groups is 1. The van der Waals surface area contributed by atoms with Crippen molar-refractivity contribution in [2.24, 2.45) is 5.92 Å². The van der Waals surface area contributed by atoms with Crippen LogP contribution >= 0.6 is 11.6 Å². The molecule has 156 valence electrons. The standard InChI is InChI=1S/C21H25ClN2O4S/c1-28-20-9-5-3-6-17(20)14-23-21(25)16-10-12-24(13-11-16)29(26,27)15-18-7-2-4-8-19(18)22/h2-9,16H,10-15H2,1H3,(H,23,25). The number of carbonyl (C=O) groups excluding carboxylic acids is 1. The Kier molecular flexibility index (Phi) is 7.16. The Morgan fingerprint density at radius 2 is 1.72 bits per heavy atom. The molecule has 29 heavy (non-hydrogen) atoms. The lowest BCUT2D eigenvalue weighted by molar-refractivity contribution is -0.126. The Morgan fingerprint density at radius 1 is 1.10 bits per heavy atom. The molecular formula is C21H25ClN2O4S. The van der Waals surface area contributed by atoms with Crippen molar-refractivity contribution in [1.29, 1.82) is 0 Å². The third kappa shape index (κ3) is 5.50. The number of benzene rings is 2. The molecule has 0 aromatic heterocycles. The second kappa shape index (κ2) is 9.61. The number of ether oxygens (including phenoxy) is 1. The van der Waals surface area contributed by atoms with Crippen molar-refractivity contribution in [2.45, 2.75) is 25.1 Å². The number of hydrogen-bond donors (Lipinski definition) is 1. The quantitative estimate of drug-likeness (QED) is 0.723. The molecule has 0 atom stereocenters. The maximum atomic E-state index is 12.7. The Bertz CT molecular complexity index is 957. The second-order valence-corrected chi connectivity index (χ2v) is 9.43. The van der Waals surface area contributed by atoms with Crippen molar-refractivity contribution in [3.63, 3.8) is 0 Å². The van der Waals surface area contributed by atoms with Crippen molar-refractivity contribution in [2.75, 3.05) is 20.2 Å². The van der Waals surface area contributed by atoms with E-state index in [1.54, 1.807) is 31.4 Å². The Morgan fingerprint density at radius 3 is 2.38 bits per heavy atom. The zero-order valence-electron chi connectivity index (χ0n) is 16.3. The molecule has 1 N–H and O–H groups in total. The van der Waals surface area contributed by atoms with Crippen LogP contribution in [0.4, 0.5) is 0 Å². The summed E-state index contributed by atoms with van der Waals surface area (Å²) in [6, 6.07) is 14.5. The van der Waals surface area contributed by atoms with Crippen LogP contribution in [0.2, 0.25) is 5.02 Å². The minimum Gasteiger partial charge on any atom is -0.496 e. The number of piperidine rings is 1.